The van der Waals surface area contributed by atoms with Crippen molar-refractivity contribution >= 4 is 45.6 Å². The summed E-state index contributed by atoms with van der Waals surface area (Å²) in [4.78, 5) is 24.0. The number of H-pyrrole nitrogens is 1. The average molecular weight is 479 g/mol. The zero-order chi connectivity index (χ0) is 23.1. The number of halogens is 2. The summed E-state index contributed by atoms with van der Waals surface area (Å²) in [6.07, 6.45) is 1.63. The molecule has 0 radical (unpaired) electrons. The molecule has 1 saturated heterocycles. The lowest BCUT2D eigenvalue weighted by molar-refractivity contribution is 0.122. The van der Waals surface area contributed by atoms with E-state index in [2.05, 4.69) is 25.2 Å². The quantitative estimate of drug-likeness (QED) is 0.395. The van der Waals surface area contributed by atoms with Gasteiger partial charge in [0, 0.05) is 13.1 Å². The predicted octanol–water partition coefficient (Wildman–Crippen LogP) is 3.93. The summed E-state index contributed by atoms with van der Waals surface area (Å²) in [5.41, 5.74) is 3.37. The highest BCUT2D eigenvalue weighted by atomic mass is 35.5. The second-order valence-corrected chi connectivity index (χ2v) is 8.32. The number of aromatic amines is 1. The zero-order valence-corrected chi connectivity index (χ0v) is 18.8. The monoisotopic (exact) mass is 478 g/mol. The lowest BCUT2D eigenvalue weighted by atomic mass is 10.3. The van der Waals surface area contributed by atoms with Crippen molar-refractivity contribution in [1.82, 2.24) is 29.5 Å². The molecule has 172 valence electrons. The second kappa shape index (κ2) is 8.54. The minimum absolute atomic E-state index is 0.330. The van der Waals surface area contributed by atoms with E-state index in [0.717, 1.165) is 11.0 Å². The minimum Gasteiger partial charge on any atom is -0.378 e. The molecule has 0 atom stereocenters. The molecule has 34 heavy (non-hydrogen) atoms. The molecule has 11 heteroatoms. The Kier molecular flexibility index (Phi) is 5.23. The van der Waals surface area contributed by atoms with E-state index in [4.69, 9.17) is 26.3 Å². The van der Waals surface area contributed by atoms with Crippen LogP contribution in [0.15, 0.2) is 48.8 Å². The van der Waals surface area contributed by atoms with Gasteiger partial charge in [-0.2, -0.15) is 9.97 Å². The molecule has 0 unspecified atom stereocenters. The van der Waals surface area contributed by atoms with E-state index in [1.807, 2.05) is 24.3 Å². The Hall–Kier alpha value is -3.76. The van der Waals surface area contributed by atoms with Gasteiger partial charge in [-0.05, 0) is 30.3 Å². The number of hydrogen-bond donors (Lipinski definition) is 2. The van der Waals surface area contributed by atoms with E-state index in [1.165, 1.54) is 12.1 Å². The number of rotatable bonds is 5. The third kappa shape index (κ3) is 3.80. The van der Waals surface area contributed by atoms with E-state index in [1.54, 1.807) is 17.0 Å². The number of hydrogen-bond acceptors (Lipinski definition) is 7. The average Bonchev–Trinajstić information content (AvgIpc) is 3.48. The molecule has 2 aromatic carbocycles. The Labute approximate surface area is 198 Å². The molecule has 0 aliphatic carbocycles. The molecule has 6 rings (SSSR count). The molecule has 4 heterocycles. The van der Waals surface area contributed by atoms with Gasteiger partial charge in [0.25, 0.3) is 0 Å². The maximum absolute atomic E-state index is 13.9. The van der Waals surface area contributed by atoms with Crippen LogP contribution >= 0.6 is 11.6 Å². The summed E-state index contributed by atoms with van der Waals surface area (Å²) < 4.78 is 21.2. The highest BCUT2D eigenvalue weighted by Gasteiger charge is 2.20. The van der Waals surface area contributed by atoms with Crippen LogP contribution in [0.2, 0.25) is 5.02 Å². The molecule has 5 aromatic rings. The van der Waals surface area contributed by atoms with Crippen LogP contribution in [0.3, 0.4) is 0 Å². The van der Waals surface area contributed by atoms with Crippen LogP contribution in [0.4, 0.5) is 16.2 Å². The first-order chi connectivity index (χ1) is 16.7. The summed E-state index contributed by atoms with van der Waals surface area (Å²) in [6.45, 7) is 2.95. The fourth-order valence-corrected chi connectivity index (χ4v) is 4.25. The van der Waals surface area contributed by atoms with Crippen LogP contribution in [-0.4, -0.2) is 55.8 Å². The first-order valence-corrected chi connectivity index (χ1v) is 11.2. The van der Waals surface area contributed by atoms with E-state index in [-0.39, 0.29) is 5.82 Å². The standard InChI is InChI=1S/C23H20ClFN8O/c24-16-5-2-6-17-19(16)29-18(28-17)12-26-21-20-22(31-23(30-21)32-7-9-34-10-8-32)33(13-27-20)15-4-1-3-14(25)11-15/h1-6,11,13H,7-10,12H2,(H,28,29)(H,26,30,31). The molecule has 1 aliphatic rings. The van der Waals surface area contributed by atoms with Crippen molar-refractivity contribution in [1.29, 1.82) is 0 Å². The molecule has 9 nitrogen and oxygen atoms in total. The highest BCUT2D eigenvalue weighted by Crippen LogP contribution is 2.27. The number of anilines is 2. The Morgan fingerprint density at radius 1 is 1.06 bits per heavy atom. The molecular weight excluding hydrogens is 459 g/mol. The number of morpholine rings is 1. The van der Waals surface area contributed by atoms with Crippen LogP contribution in [0.25, 0.3) is 27.9 Å². The molecule has 0 saturated carbocycles. The molecule has 0 spiro atoms. The number of nitrogens with one attached hydrogen (secondary N) is 2. The lowest BCUT2D eigenvalue weighted by Gasteiger charge is -2.27. The van der Waals surface area contributed by atoms with Gasteiger partial charge in [0.2, 0.25) is 5.95 Å². The number of aromatic nitrogens is 6. The lowest BCUT2D eigenvalue weighted by Crippen LogP contribution is -2.37. The smallest absolute Gasteiger partial charge is 0.229 e. The van der Waals surface area contributed by atoms with Crippen molar-refractivity contribution in [2.75, 3.05) is 36.5 Å². The van der Waals surface area contributed by atoms with E-state index >= 15 is 0 Å². The SMILES string of the molecule is Fc1cccc(-n2cnc3c(NCc4nc5c(Cl)cccc5[nH]4)nc(N4CCOCC4)nc32)c1. The summed E-state index contributed by atoms with van der Waals surface area (Å²) in [5.74, 6) is 1.51. The molecule has 0 bridgehead atoms. The van der Waals surface area contributed by atoms with Crippen molar-refractivity contribution in [3.8, 4) is 5.69 Å². The third-order valence-electron chi connectivity index (χ3n) is 5.70. The van der Waals surface area contributed by atoms with Gasteiger partial charge in [0.15, 0.2) is 17.0 Å². The van der Waals surface area contributed by atoms with Crippen molar-refractivity contribution < 1.29 is 9.13 Å². The zero-order valence-electron chi connectivity index (χ0n) is 18.0. The van der Waals surface area contributed by atoms with Crippen molar-refractivity contribution in [3.63, 3.8) is 0 Å². The number of fused-ring (bicyclic) bond motifs is 2. The van der Waals surface area contributed by atoms with Gasteiger partial charge in [0.05, 0.1) is 36.0 Å². The van der Waals surface area contributed by atoms with Gasteiger partial charge >= 0.3 is 0 Å². The topological polar surface area (TPSA) is 96.8 Å². The maximum atomic E-state index is 13.9. The number of benzene rings is 2. The first-order valence-electron chi connectivity index (χ1n) is 10.9. The fraction of sp³-hybridized carbons (Fsp3) is 0.217. The minimum atomic E-state index is -0.330. The van der Waals surface area contributed by atoms with Gasteiger partial charge in [0.1, 0.15) is 23.5 Å². The number of nitrogens with zero attached hydrogens (tertiary/aromatic N) is 6. The molecule has 1 aliphatic heterocycles. The number of para-hydroxylation sites is 1. The highest BCUT2D eigenvalue weighted by molar-refractivity contribution is 6.34. The molecule has 3 aromatic heterocycles. The van der Waals surface area contributed by atoms with E-state index < -0.39 is 0 Å². The first kappa shape index (κ1) is 20.8. The normalized spacial score (nSPS) is 14.2. The van der Waals surface area contributed by atoms with E-state index in [0.29, 0.717) is 72.3 Å². The second-order valence-electron chi connectivity index (χ2n) is 7.91. The van der Waals surface area contributed by atoms with Crippen LogP contribution in [0.5, 0.6) is 0 Å². The van der Waals surface area contributed by atoms with Crippen LogP contribution in [0, 0.1) is 5.82 Å². The van der Waals surface area contributed by atoms with Crippen molar-refractivity contribution in [3.05, 3.63) is 65.5 Å². The van der Waals surface area contributed by atoms with Crippen LogP contribution in [0.1, 0.15) is 5.82 Å². The summed E-state index contributed by atoms with van der Waals surface area (Å²) in [7, 11) is 0. The van der Waals surface area contributed by atoms with Gasteiger partial charge in [-0.3, -0.25) is 4.57 Å². The Bertz CT molecular complexity index is 1490. The predicted molar refractivity (Wildman–Crippen MR) is 128 cm³/mol. The summed E-state index contributed by atoms with van der Waals surface area (Å²) >= 11 is 6.27. The Morgan fingerprint density at radius 3 is 2.74 bits per heavy atom. The maximum Gasteiger partial charge on any atom is 0.229 e. The van der Waals surface area contributed by atoms with Gasteiger partial charge in [-0.15, -0.1) is 0 Å². The summed E-state index contributed by atoms with van der Waals surface area (Å²) in [6, 6.07) is 11.9. The van der Waals surface area contributed by atoms with Crippen LogP contribution < -0.4 is 10.2 Å². The van der Waals surface area contributed by atoms with Gasteiger partial charge < -0.3 is 19.9 Å². The van der Waals surface area contributed by atoms with Gasteiger partial charge in [-0.1, -0.05) is 23.7 Å². The third-order valence-corrected chi connectivity index (χ3v) is 6.01. The summed E-state index contributed by atoms with van der Waals surface area (Å²) in [5, 5.41) is 3.93. The van der Waals surface area contributed by atoms with Crippen molar-refractivity contribution in [2.45, 2.75) is 6.54 Å². The number of imidazole rings is 2. The van der Waals surface area contributed by atoms with E-state index in [9.17, 15) is 4.39 Å². The largest absolute Gasteiger partial charge is 0.378 e. The molecule has 2 N–H and O–H groups in total. The Balaban J connectivity index is 1.40. The van der Waals surface area contributed by atoms with Crippen LogP contribution in [-0.2, 0) is 11.3 Å². The Morgan fingerprint density at radius 2 is 1.91 bits per heavy atom. The molecular formula is C23H20ClFN8O. The number of ether oxygens (including phenoxy) is 1. The molecule has 1 fully saturated rings. The van der Waals surface area contributed by atoms with Crippen molar-refractivity contribution in [2.24, 2.45) is 0 Å². The molecule has 0 amide bonds. The fourth-order valence-electron chi connectivity index (χ4n) is 4.03. The van der Waals surface area contributed by atoms with Gasteiger partial charge in [-0.25, -0.2) is 14.4 Å².